The fourth-order valence-corrected chi connectivity index (χ4v) is 11.2. The van der Waals surface area contributed by atoms with Gasteiger partial charge in [-0.15, -0.1) is 11.6 Å². The molecule has 4 aliphatic heterocycles. The van der Waals surface area contributed by atoms with Crippen molar-refractivity contribution in [1.29, 1.82) is 0 Å². The maximum absolute atomic E-state index is 14.4. The van der Waals surface area contributed by atoms with Crippen LogP contribution in [-0.2, 0) is 14.6 Å². The number of hydrogen-bond acceptors (Lipinski definition) is 7. The molecule has 1 amide bonds. The van der Waals surface area contributed by atoms with Gasteiger partial charge in [0.1, 0.15) is 6.04 Å². The van der Waals surface area contributed by atoms with Gasteiger partial charge in [-0.1, -0.05) is 0 Å². The molecule has 4 unspecified atom stereocenters. The number of hydrogen-bond donors (Lipinski definition) is 2. The fraction of sp³-hybridized carbons (Fsp3) is 0.960. The van der Waals surface area contributed by atoms with E-state index in [1.54, 1.807) is 0 Å². The molecule has 1 spiro atoms. The second-order valence-corrected chi connectivity index (χ2v) is 15.3. The van der Waals surface area contributed by atoms with Crippen LogP contribution in [0.5, 0.6) is 0 Å². The molecule has 2 N–H and O–H groups in total. The van der Waals surface area contributed by atoms with Crippen LogP contribution in [0.15, 0.2) is 0 Å². The van der Waals surface area contributed by atoms with Crippen molar-refractivity contribution in [1.82, 2.24) is 25.6 Å². The van der Waals surface area contributed by atoms with Crippen LogP contribution >= 0.6 is 11.6 Å². The molecule has 2 saturated carbocycles. The predicted octanol–water partition coefficient (Wildman–Crippen LogP) is 2.30. The highest BCUT2D eigenvalue weighted by Gasteiger charge is 2.62. The number of carbonyl (C=O) groups excluding carboxylic acids is 1. The van der Waals surface area contributed by atoms with Gasteiger partial charge in [-0.05, 0) is 69.2 Å². The Hall–Kier alpha value is -0.660. The average molecular weight is 582 g/mol. The van der Waals surface area contributed by atoms with E-state index in [-0.39, 0.29) is 35.3 Å². The first kappa shape index (κ1) is 27.5. The minimum absolute atomic E-state index is 0.0713. The molecule has 38 heavy (non-hydrogen) atoms. The molecule has 0 aromatic heterocycles. The zero-order chi connectivity index (χ0) is 27.0. The van der Waals surface area contributed by atoms with Gasteiger partial charge in [0.05, 0.1) is 29.1 Å². The minimum Gasteiger partial charge on any atom is -0.333 e. The Balaban J connectivity index is 1.12. The monoisotopic (exact) mass is 581 g/mol. The molecule has 2 aliphatic carbocycles. The highest BCUT2D eigenvalue weighted by molar-refractivity contribution is 7.91. The number of rotatable bonds is 4. The Morgan fingerprint density at radius 3 is 2.50 bits per heavy atom. The number of nitrogens with one attached hydrogen (secondary N) is 2. The second kappa shape index (κ2) is 9.72. The third-order valence-electron chi connectivity index (χ3n) is 10.4. The lowest BCUT2D eigenvalue weighted by Gasteiger charge is -2.53. The lowest BCUT2D eigenvalue weighted by Crippen LogP contribution is -2.70. The van der Waals surface area contributed by atoms with E-state index in [2.05, 4.69) is 20.7 Å². The maximum Gasteiger partial charge on any atom is 0.409 e. The Bertz CT molecular complexity index is 1040. The Kier molecular flexibility index (Phi) is 7.03. The molecule has 8 nitrogen and oxygen atoms in total. The molecular weight excluding hydrogens is 543 g/mol. The minimum atomic E-state index is -4.56. The number of nitrogens with zero attached hydrogens (tertiary/aromatic N) is 3. The Labute approximate surface area is 227 Å². The average Bonchev–Trinajstić information content (AvgIpc) is 3.41. The van der Waals surface area contributed by atoms with Crippen LogP contribution in [0.4, 0.5) is 13.2 Å². The van der Waals surface area contributed by atoms with E-state index in [1.807, 2.05) is 0 Å². The van der Waals surface area contributed by atoms with Crippen molar-refractivity contribution in [3.63, 3.8) is 0 Å². The summed E-state index contributed by atoms with van der Waals surface area (Å²) in [4.78, 5) is 16.7. The Morgan fingerprint density at radius 1 is 1.13 bits per heavy atom. The summed E-state index contributed by atoms with van der Waals surface area (Å²) in [6.45, 7) is 1.80. The number of halogens is 4. The summed E-state index contributed by atoms with van der Waals surface area (Å²) in [6, 6.07) is -1.04. The van der Waals surface area contributed by atoms with Crippen molar-refractivity contribution in [2.75, 3.05) is 31.6 Å². The number of alkyl halides is 4. The van der Waals surface area contributed by atoms with Crippen LogP contribution in [0.2, 0.25) is 0 Å². The first-order valence-electron chi connectivity index (χ1n) is 14.1. The number of hydrazine groups is 1. The summed E-state index contributed by atoms with van der Waals surface area (Å²) in [5.74, 6) is -2.57. The normalized spacial score (nSPS) is 41.4. The second-order valence-electron chi connectivity index (χ2n) is 12.7. The van der Waals surface area contributed by atoms with E-state index >= 15 is 0 Å². The molecule has 6 rings (SSSR count). The van der Waals surface area contributed by atoms with Crippen LogP contribution < -0.4 is 10.7 Å². The van der Waals surface area contributed by atoms with Gasteiger partial charge < -0.3 is 4.90 Å². The zero-order valence-corrected chi connectivity index (χ0v) is 23.4. The van der Waals surface area contributed by atoms with Crippen molar-refractivity contribution < 1.29 is 26.4 Å². The highest BCUT2D eigenvalue weighted by atomic mass is 35.5. The van der Waals surface area contributed by atoms with Gasteiger partial charge in [0, 0.05) is 38.1 Å². The lowest BCUT2D eigenvalue weighted by molar-refractivity contribution is -0.203. The van der Waals surface area contributed by atoms with Gasteiger partial charge in [-0.2, -0.15) is 13.2 Å². The smallest absolute Gasteiger partial charge is 0.333 e. The fourth-order valence-electron chi connectivity index (χ4n) is 8.42. The number of sulfone groups is 1. The highest BCUT2D eigenvalue weighted by Crippen LogP contribution is 2.58. The Morgan fingerprint density at radius 2 is 1.84 bits per heavy atom. The number of carbonyl (C=O) groups is 1. The van der Waals surface area contributed by atoms with Crippen LogP contribution in [0, 0.1) is 17.3 Å². The topological polar surface area (TPSA) is 85.0 Å². The molecule has 6 fully saturated rings. The zero-order valence-electron chi connectivity index (χ0n) is 21.8. The van der Waals surface area contributed by atoms with E-state index in [9.17, 15) is 26.4 Å². The van der Waals surface area contributed by atoms with E-state index in [0.29, 0.717) is 44.6 Å². The standard InChI is InChI=1S/C25H39ClF3N5O3S/c1-32(23(35)17-13-38(36,37)14-24(17)8-9-24)22(25(27,28)29)15-4-6-16(7-5-15)33-10-2-3-18-19(33)12-30-21-11-20(26)31-34(18)21/h15-22,30-31H,2-14H2,1H3/t15?,16?,17-,18?,19?,20?,21?,22-/m0/s1. The van der Waals surface area contributed by atoms with Crippen molar-refractivity contribution in [3.05, 3.63) is 0 Å². The van der Waals surface area contributed by atoms with E-state index in [4.69, 9.17) is 11.6 Å². The van der Waals surface area contributed by atoms with Crippen LogP contribution in [0.25, 0.3) is 0 Å². The van der Waals surface area contributed by atoms with E-state index in [0.717, 1.165) is 37.3 Å². The van der Waals surface area contributed by atoms with Crippen molar-refractivity contribution >= 4 is 27.3 Å². The number of likely N-dealkylation sites (tertiary alicyclic amines) is 1. The summed E-state index contributed by atoms with van der Waals surface area (Å²) >= 11 is 6.35. The molecule has 0 aromatic rings. The van der Waals surface area contributed by atoms with E-state index in [1.165, 1.54) is 7.05 Å². The lowest BCUT2D eigenvalue weighted by atomic mass is 9.78. The van der Waals surface area contributed by atoms with E-state index < -0.39 is 45.2 Å². The summed E-state index contributed by atoms with van der Waals surface area (Å²) in [6.07, 6.45) is 1.96. The van der Waals surface area contributed by atoms with Crippen LogP contribution in [-0.4, -0.2) is 103 Å². The molecule has 4 saturated heterocycles. The third kappa shape index (κ3) is 4.89. The van der Waals surface area contributed by atoms with Gasteiger partial charge in [0.15, 0.2) is 9.84 Å². The first-order valence-corrected chi connectivity index (χ1v) is 16.4. The molecule has 6 atom stereocenters. The molecule has 216 valence electrons. The quantitative estimate of drug-likeness (QED) is 0.389. The largest absolute Gasteiger partial charge is 0.409 e. The molecule has 13 heteroatoms. The van der Waals surface area contributed by atoms with Crippen molar-refractivity contribution in [3.8, 4) is 0 Å². The molecular formula is C25H39ClF3N5O3S. The summed E-state index contributed by atoms with van der Waals surface area (Å²) in [5, 5.41) is 5.86. The SMILES string of the molecule is CN(C(=O)[C@@H]1CS(=O)(=O)CC12CC2)[C@@H](C1CCC(N2CCCC3C2CNC2CC(Cl)NN23)CC1)C(F)(F)F. The summed E-state index contributed by atoms with van der Waals surface area (Å²) in [7, 11) is -2.16. The number of piperidine rings is 1. The molecule has 6 aliphatic rings. The molecule has 0 aromatic carbocycles. The van der Waals surface area contributed by atoms with Crippen LogP contribution in [0.1, 0.15) is 57.8 Å². The summed E-state index contributed by atoms with van der Waals surface area (Å²) < 4.78 is 67.8. The van der Waals surface area contributed by atoms with Gasteiger partial charge in [-0.3, -0.25) is 15.0 Å². The van der Waals surface area contributed by atoms with Gasteiger partial charge in [-0.25, -0.2) is 18.9 Å². The third-order valence-corrected chi connectivity index (χ3v) is 12.5. The molecule has 4 heterocycles. The maximum atomic E-state index is 14.4. The van der Waals surface area contributed by atoms with Gasteiger partial charge in [0.25, 0.3) is 0 Å². The predicted molar refractivity (Wildman–Crippen MR) is 137 cm³/mol. The van der Waals surface area contributed by atoms with Crippen molar-refractivity contribution in [2.24, 2.45) is 17.3 Å². The van der Waals surface area contributed by atoms with Gasteiger partial charge in [0.2, 0.25) is 5.91 Å². The number of amides is 1. The molecule has 0 bridgehead atoms. The van der Waals surface area contributed by atoms with Gasteiger partial charge >= 0.3 is 6.18 Å². The first-order chi connectivity index (χ1) is 17.9. The summed E-state index contributed by atoms with van der Waals surface area (Å²) in [5.41, 5.74) is 2.66. The molecule has 0 radical (unpaired) electrons. The van der Waals surface area contributed by atoms with Crippen molar-refractivity contribution in [2.45, 2.75) is 99.8 Å². The van der Waals surface area contributed by atoms with Crippen LogP contribution in [0.3, 0.4) is 0 Å². The number of fused-ring (bicyclic) bond motifs is 3.